The van der Waals surface area contributed by atoms with Crippen LogP contribution in [0.2, 0.25) is 0 Å². The highest BCUT2D eigenvalue weighted by Crippen LogP contribution is 2.18. The number of nitrogens with one attached hydrogen (secondary N) is 1. The van der Waals surface area contributed by atoms with Gasteiger partial charge in [0.1, 0.15) is 0 Å². The third-order valence-electron chi connectivity index (χ3n) is 3.27. The summed E-state index contributed by atoms with van der Waals surface area (Å²) in [5, 5.41) is 2.97. The molecule has 0 heterocycles. The Morgan fingerprint density at radius 2 is 1.79 bits per heavy atom. The average molecular weight is 285 g/mol. The molecule has 4 heteroatoms. The highest BCUT2D eigenvalue weighted by atomic mass is 35.5. The molecule has 0 saturated carbocycles. The van der Waals surface area contributed by atoms with Crippen LogP contribution in [-0.2, 0) is 4.79 Å². The van der Waals surface area contributed by atoms with Gasteiger partial charge in [0.25, 0.3) is 0 Å². The number of halogens is 1. The third kappa shape index (κ3) is 4.84. The van der Waals surface area contributed by atoms with E-state index in [1.165, 1.54) is 11.1 Å². The Morgan fingerprint density at radius 1 is 1.21 bits per heavy atom. The molecule has 0 aliphatic heterocycles. The fraction of sp³-hybridized carbons (Fsp3) is 0.533. The largest absolute Gasteiger partial charge is 0.348 e. The summed E-state index contributed by atoms with van der Waals surface area (Å²) in [7, 11) is 0. The van der Waals surface area contributed by atoms with Gasteiger partial charge in [-0.3, -0.25) is 4.79 Å². The lowest BCUT2D eigenvalue weighted by atomic mass is 9.99. The van der Waals surface area contributed by atoms with Crippen LogP contribution >= 0.6 is 12.4 Å². The minimum absolute atomic E-state index is 0. The minimum atomic E-state index is -0.446. The van der Waals surface area contributed by atoms with E-state index in [1.807, 2.05) is 20.8 Å². The first-order chi connectivity index (χ1) is 8.32. The highest BCUT2D eigenvalue weighted by molar-refractivity contribution is 5.85. The second-order valence-electron chi connectivity index (χ2n) is 5.36. The van der Waals surface area contributed by atoms with Gasteiger partial charge in [0, 0.05) is 0 Å². The summed E-state index contributed by atoms with van der Waals surface area (Å²) in [4.78, 5) is 11.9. The van der Waals surface area contributed by atoms with E-state index < -0.39 is 6.04 Å². The summed E-state index contributed by atoms with van der Waals surface area (Å²) in [5.41, 5.74) is 9.41. The van der Waals surface area contributed by atoms with Gasteiger partial charge in [0.05, 0.1) is 12.1 Å². The van der Waals surface area contributed by atoms with Gasteiger partial charge >= 0.3 is 0 Å². The molecule has 0 bridgehead atoms. The summed E-state index contributed by atoms with van der Waals surface area (Å²) in [6.07, 6.45) is 0. The van der Waals surface area contributed by atoms with Crippen LogP contribution < -0.4 is 11.1 Å². The van der Waals surface area contributed by atoms with Crippen molar-refractivity contribution in [2.24, 2.45) is 11.7 Å². The van der Waals surface area contributed by atoms with Crippen molar-refractivity contribution in [3.05, 3.63) is 34.9 Å². The zero-order valence-electron chi connectivity index (χ0n) is 12.4. The number of nitrogens with two attached hydrogens (primary N) is 1. The first kappa shape index (κ1) is 17.9. The van der Waals surface area contributed by atoms with Crippen molar-refractivity contribution in [2.75, 3.05) is 0 Å². The van der Waals surface area contributed by atoms with Crippen LogP contribution in [0.5, 0.6) is 0 Å². The maximum absolute atomic E-state index is 11.9. The number of rotatable bonds is 4. The van der Waals surface area contributed by atoms with Crippen LogP contribution in [0.15, 0.2) is 18.2 Å². The number of aryl methyl sites for hydroxylation is 2. The Hall–Kier alpha value is -1.06. The number of hydrogen-bond donors (Lipinski definition) is 2. The van der Waals surface area contributed by atoms with Crippen LogP contribution in [0.25, 0.3) is 0 Å². The van der Waals surface area contributed by atoms with Crippen LogP contribution in [0.3, 0.4) is 0 Å². The van der Waals surface area contributed by atoms with Crippen molar-refractivity contribution >= 4 is 18.3 Å². The van der Waals surface area contributed by atoms with E-state index in [-0.39, 0.29) is 30.3 Å². The van der Waals surface area contributed by atoms with Gasteiger partial charge in [0.2, 0.25) is 5.91 Å². The van der Waals surface area contributed by atoms with Crippen LogP contribution in [0.1, 0.15) is 43.5 Å². The molecular weight excluding hydrogens is 260 g/mol. The predicted octanol–water partition coefficient (Wildman–Crippen LogP) is 2.89. The average Bonchev–Trinajstić information content (AvgIpc) is 2.27. The lowest BCUT2D eigenvalue weighted by molar-refractivity contribution is -0.123. The second-order valence-corrected chi connectivity index (χ2v) is 5.36. The van der Waals surface area contributed by atoms with Gasteiger partial charge in [-0.1, -0.05) is 37.6 Å². The molecule has 0 spiro atoms. The zero-order chi connectivity index (χ0) is 13.9. The number of amides is 1. The van der Waals surface area contributed by atoms with E-state index >= 15 is 0 Å². The van der Waals surface area contributed by atoms with Gasteiger partial charge in [-0.15, -0.1) is 12.4 Å². The van der Waals surface area contributed by atoms with Crippen molar-refractivity contribution in [1.82, 2.24) is 5.32 Å². The Kier molecular flexibility index (Phi) is 7.09. The van der Waals surface area contributed by atoms with Crippen molar-refractivity contribution in [3.63, 3.8) is 0 Å². The molecule has 1 rings (SSSR count). The molecule has 108 valence electrons. The molecule has 2 atom stereocenters. The van der Waals surface area contributed by atoms with Crippen LogP contribution in [-0.4, -0.2) is 11.9 Å². The fourth-order valence-electron chi connectivity index (χ4n) is 2.00. The molecule has 0 aromatic heterocycles. The standard InChI is InChI=1S/C15H24N2O.ClH/c1-9(2)14(16)15(18)17-12(5)13-7-6-10(3)8-11(13)4;/h6-9,12,14H,16H2,1-5H3,(H,17,18);1H. The van der Waals surface area contributed by atoms with E-state index in [4.69, 9.17) is 5.73 Å². The molecule has 0 aliphatic rings. The monoisotopic (exact) mass is 284 g/mol. The molecule has 0 saturated heterocycles. The predicted molar refractivity (Wildman–Crippen MR) is 82.5 cm³/mol. The van der Waals surface area contributed by atoms with Crippen molar-refractivity contribution in [3.8, 4) is 0 Å². The summed E-state index contributed by atoms with van der Waals surface area (Å²) in [6.45, 7) is 10.0. The smallest absolute Gasteiger partial charge is 0.237 e. The molecule has 0 radical (unpaired) electrons. The van der Waals surface area contributed by atoms with E-state index in [9.17, 15) is 4.79 Å². The number of carbonyl (C=O) groups is 1. The normalized spacial score (nSPS) is 13.6. The molecule has 0 fully saturated rings. The van der Waals surface area contributed by atoms with Gasteiger partial charge in [-0.2, -0.15) is 0 Å². The summed E-state index contributed by atoms with van der Waals surface area (Å²) in [6, 6.07) is 5.80. The quantitative estimate of drug-likeness (QED) is 0.893. The van der Waals surface area contributed by atoms with Gasteiger partial charge in [0.15, 0.2) is 0 Å². The summed E-state index contributed by atoms with van der Waals surface area (Å²) < 4.78 is 0. The molecule has 0 aliphatic carbocycles. The second kappa shape index (κ2) is 7.51. The highest BCUT2D eigenvalue weighted by Gasteiger charge is 2.19. The molecule has 1 aromatic rings. The Labute approximate surface area is 122 Å². The van der Waals surface area contributed by atoms with Crippen molar-refractivity contribution < 1.29 is 4.79 Å². The molecule has 2 unspecified atom stereocenters. The minimum Gasteiger partial charge on any atom is -0.348 e. The number of hydrogen-bond acceptors (Lipinski definition) is 2. The Balaban J connectivity index is 0.00000324. The first-order valence-electron chi connectivity index (χ1n) is 6.46. The zero-order valence-corrected chi connectivity index (χ0v) is 13.2. The maximum atomic E-state index is 11.9. The van der Waals surface area contributed by atoms with E-state index in [0.717, 1.165) is 5.56 Å². The van der Waals surface area contributed by atoms with Crippen LogP contribution in [0.4, 0.5) is 0 Å². The van der Waals surface area contributed by atoms with Crippen molar-refractivity contribution in [2.45, 2.75) is 46.7 Å². The summed E-state index contributed by atoms with van der Waals surface area (Å²) >= 11 is 0. The molecule has 3 N–H and O–H groups in total. The van der Waals surface area contributed by atoms with Crippen molar-refractivity contribution in [1.29, 1.82) is 0 Å². The first-order valence-corrected chi connectivity index (χ1v) is 6.46. The lowest BCUT2D eigenvalue weighted by Crippen LogP contribution is -2.44. The van der Waals surface area contributed by atoms with E-state index in [2.05, 4.69) is 37.4 Å². The molecule has 1 amide bonds. The number of carbonyl (C=O) groups excluding carboxylic acids is 1. The van der Waals surface area contributed by atoms with Gasteiger partial charge in [-0.05, 0) is 37.8 Å². The van der Waals surface area contributed by atoms with E-state index in [0.29, 0.717) is 0 Å². The SMILES string of the molecule is Cc1ccc(C(C)NC(=O)C(N)C(C)C)c(C)c1.Cl. The molecule has 3 nitrogen and oxygen atoms in total. The van der Waals surface area contributed by atoms with Crippen LogP contribution in [0, 0.1) is 19.8 Å². The maximum Gasteiger partial charge on any atom is 0.237 e. The Morgan fingerprint density at radius 3 is 2.26 bits per heavy atom. The number of benzene rings is 1. The lowest BCUT2D eigenvalue weighted by Gasteiger charge is -2.21. The molecular formula is C15H25ClN2O. The Bertz CT molecular complexity index is 432. The third-order valence-corrected chi connectivity index (χ3v) is 3.27. The molecule has 19 heavy (non-hydrogen) atoms. The van der Waals surface area contributed by atoms with E-state index in [1.54, 1.807) is 0 Å². The van der Waals surface area contributed by atoms with Gasteiger partial charge in [-0.25, -0.2) is 0 Å². The van der Waals surface area contributed by atoms with Gasteiger partial charge < -0.3 is 11.1 Å². The topological polar surface area (TPSA) is 55.1 Å². The molecule has 1 aromatic carbocycles. The fourth-order valence-corrected chi connectivity index (χ4v) is 2.00. The summed E-state index contributed by atoms with van der Waals surface area (Å²) in [5.74, 6) is 0.0637.